The van der Waals surface area contributed by atoms with Crippen LogP contribution in [0.3, 0.4) is 0 Å². The molecule has 32 heavy (non-hydrogen) atoms. The Kier molecular flexibility index (Phi) is 5.33. The zero-order valence-corrected chi connectivity index (χ0v) is 18.5. The predicted molar refractivity (Wildman–Crippen MR) is 120 cm³/mol. The van der Waals surface area contributed by atoms with Gasteiger partial charge in [0.1, 0.15) is 11.6 Å². The van der Waals surface area contributed by atoms with E-state index in [0.29, 0.717) is 34.7 Å². The quantitative estimate of drug-likeness (QED) is 0.601. The highest BCUT2D eigenvalue weighted by atomic mass is 19.1. The summed E-state index contributed by atoms with van der Waals surface area (Å²) in [5.41, 5.74) is 1.99. The van der Waals surface area contributed by atoms with Crippen LogP contribution in [0.15, 0.2) is 18.5 Å². The number of rotatable bonds is 6. The molecule has 0 aromatic carbocycles. The van der Waals surface area contributed by atoms with Crippen molar-refractivity contribution in [1.29, 1.82) is 0 Å². The van der Waals surface area contributed by atoms with E-state index in [-0.39, 0.29) is 11.7 Å². The Balaban J connectivity index is 1.45. The summed E-state index contributed by atoms with van der Waals surface area (Å²) in [4.78, 5) is 18.1. The van der Waals surface area contributed by atoms with E-state index < -0.39 is 0 Å². The number of hydrogen-bond acceptors (Lipinski definition) is 9. The van der Waals surface area contributed by atoms with Crippen LogP contribution in [-0.2, 0) is 7.05 Å². The number of anilines is 5. The highest BCUT2D eigenvalue weighted by molar-refractivity contribution is 5.71. The van der Waals surface area contributed by atoms with Crippen molar-refractivity contribution in [3.63, 3.8) is 0 Å². The molecule has 0 bridgehead atoms. The summed E-state index contributed by atoms with van der Waals surface area (Å²) in [7, 11) is 3.93. The lowest BCUT2D eigenvalue weighted by Gasteiger charge is -2.34. The summed E-state index contributed by atoms with van der Waals surface area (Å²) in [6.07, 6.45) is 5.62. The van der Waals surface area contributed by atoms with Crippen LogP contribution in [0.1, 0.15) is 30.0 Å². The van der Waals surface area contributed by atoms with Crippen molar-refractivity contribution in [3.8, 4) is 0 Å². The Hall–Kier alpha value is -3.34. The van der Waals surface area contributed by atoms with E-state index in [0.717, 1.165) is 44.7 Å². The first-order chi connectivity index (χ1) is 15.5. The van der Waals surface area contributed by atoms with Crippen LogP contribution in [0.5, 0.6) is 0 Å². The second-order valence-electron chi connectivity index (χ2n) is 8.52. The lowest BCUT2D eigenvalue weighted by Crippen LogP contribution is -2.44. The molecule has 3 aromatic rings. The largest absolute Gasteiger partial charge is 0.365 e. The molecule has 4 heterocycles. The van der Waals surface area contributed by atoms with Gasteiger partial charge in [-0.25, -0.2) is 14.4 Å². The fraction of sp³-hybridized carbons (Fsp3) is 0.476. The Morgan fingerprint density at radius 1 is 1.03 bits per heavy atom. The number of pyridine rings is 1. The van der Waals surface area contributed by atoms with Crippen LogP contribution >= 0.6 is 0 Å². The third-order valence-corrected chi connectivity index (χ3v) is 5.87. The molecule has 2 N–H and O–H groups in total. The fourth-order valence-corrected chi connectivity index (χ4v) is 3.88. The molecule has 0 atom stereocenters. The number of likely N-dealkylation sites (N-methyl/N-ethyl adjacent to an activating group) is 1. The highest BCUT2D eigenvalue weighted by Crippen LogP contribution is 2.42. The van der Waals surface area contributed by atoms with Crippen molar-refractivity contribution >= 4 is 29.1 Å². The maximum absolute atomic E-state index is 14.5. The summed E-state index contributed by atoms with van der Waals surface area (Å²) in [5, 5.41) is 14.5. The SMILES string of the molecule is Cc1nc(Nc2ncc(N3CCN(C)CC3)c(Nc3cn(C)nn3)n2)cc(C2CC2)c1F. The van der Waals surface area contributed by atoms with Crippen LogP contribution in [0.2, 0.25) is 0 Å². The normalized spacial score (nSPS) is 16.9. The molecule has 5 rings (SSSR count). The molecule has 1 aliphatic carbocycles. The van der Waals surface area contributed by atoms with Crippen molar-refractivity contribution in [2.75, 3.05) is 48.8 Å². The standard InChI is InChI=1S/C21H27FN10/c1-13-19(22)15(14-4-5-14)10-17(24-13)26-21-23-11-16(32-8-6-30(2)7-9-32)20(27-21)25-18-12-31(3)29-28-18/h10-12,14H,4-9H2,1-3H3,(H2,23,24,25,26,27). The smallest absolute Gasteiger partial charge is 0.230 e. The molecule has 168 valence electrons. The van der Waals surface area contributed by atoms with Gasteiger partial charge in [-0.15, -0.1) is 5.10 Å². The van der Waals surface area contributed by atoms with Gasteiger partial charge in [-0.05, 0) is 44.4 Å². The first-order valence-electron chi connectivity index (χ1n) is 10.8. The molecule has 0 amide bonds. The third kappa shape index (κ3) is 4.33. The Labute approximate surface area is 185 Å². The summed E-state index contributed by atoms with van der Waals surface area (Å²) < 4.78 is 16.1. The van der Waals surface area contributed by atoms with E-state index in [1.54, 1.807) is 30.1 Å². The summed E-state index contributed by atoms with van der Waals surface area (Å²) in [5.74, 6) is 2.23. The van der Waals surface area contributed by atoms with Crippen LogP contribution in [0, 0.1) is 12.7 Å². The maximum atomic E-state index is 14.5. The summed E-state index contributed by atoms with van der Waals surface area (Å²) in [6.45, 7) is 5.38. The molecule has 2 aliphatic rings. The van der Waals surface area contributed by atoms with Gasteiger partial charge in [-0.2, -0.15) is 4.98 Å². The maximum Gasteiger partial charge on any atom is 0.230 e. The average Bonchev–Trinajstić information content (AvgIpc) is 3.53. The molecule has 11 heteroatoms. The number of hydrogen-bond donors (Lipinski definition) is 2. The van der Waals surface area contributed by atoms with Crippen molar-refractivity contribution in [3.05, 3.63) is 35.5 Å². The average molecular weight is 439 g/mol. The first kappa shape index (κ1) is 20.6. The van der Waals surface area contributed by atoms with Crippen molar-refractivity contribution in [1.82, 2.24) is 34.8 Å². The Morgan fingerprint density at radius 3 is 2.50 bits per heavy atom. The zero-order valence-electron chi connectivity index (χ0n) is 18.5. The van der Waals surface area contributed by atoms with Gasteiger partial charge in [0, 0.05) is 33.2 Å². The first-order valence-corrected chi connectivity index (χ1v) is 10.8. The molecule has 1 saturated heterocycles. The fourth-order valence-electron chi connectivity index (χ4n) is 3.88. The van der Waals surface area contributed by atoms with E-state index in [9.17, 15) is 4.39 Å². The Morgan fingerprint density at radius 2 is 1.81 bits per heavy atom. The molecule has 3 aromatic heterocycles. The molecule has 0 unspecified atom stereocenters. The van der Waals surface area contributed by atoms with Crippen molar-refractivity contribution in [2.24, 2.45) is 7.05 Å². The van der Waals surface area contributed by atoms with Crippen molar-refractivity contribution < 1.29 is 4.39 Å². The number of nitrogens with one attached hydrogen (secondary N) is 2. The van der Waals surface area contributed by atoms with E-state index in [2.05, 4.69) is 47.8 Å². The molecule has 0 radical (unpaired) electrons. The van der Waals surface area contributed by atoms with Crippen LogP contribution in [-0.4, -0.2) is 68.1 Å². The zero-order chi connectivity index (χ0) is 22.2. The van der Waals surface area contributed by atoms with Gasteiger partial charge in [0.15, 0.2) is 11.6 Å². The number of nitrogens with zero attached hydrogens (tertiary/aromatic N) is 8. The van der Waals surface area contributed by atoms with Gasteiger partial charge in [0.05, 0.1) is 23.8 Å². The summed E-state index contributed by atoms with van der Waals surface area (Å²) in [6, 6.07) is 1.77. The third-order valence-electron chi connectivity index (χ3n) is 5.87. The monoisotopic (exact) mass is 438 g/mol. The van der Waals surface area contributed by atoms with E-state index in [1.165, 1.54) is 0 Å². The van der Waals surface area contributed by atoms with Gasteiger partial charge in [-0.3, -0.25) is 4.68 Å². The number of piperazine rings is 1. The van der Waals surface area contributed by atoms with Crippen LogP contribution < -0.4 is 15.5 Å². The van der Waals surface area contributed by atoms with E-state index >= 15 is 0 Å². The predicted octanol–water partition coefficient (Wildman–Crippen LogP) is 2.56. The van der Waals surface area contributed by atoms with Gasteiger partial charge < -0.3 is 20.4 Å². The molecule has 10 nitrogen and oxygen atoms in total. The molecule has 0 spiro atoms. The molecule has 1 aliphatic heterocycles. The van der Waals surface area contributed by atoms with Crippen LogP contribution in [0.4, 0.5) is 33.5 Å². The van der Waals surface area contributed by atoms with Gasteiger partial charge in [0.2, 0.25) is 5.95 Å². The van der Waals surface area contributed by atoms with Crippen molar-refractivity contribution in [2.45, 2.75) is 25.7 Å². The van der Waals surface area contributed by atoms with E-state index in [4.69, 9.17) is 4.98 Å². The highest BCUT2D eigenvalue weighted by Gasteiger charge is 2.28. The summed E-state index contributed by atoms with van der Waals surface area (Å²) >= 11 is 0. The minimum absolute atomic E-state index is 0.214. The van der Waals surface area contributed by atoms with Gasteiger partial charge >= 0.3 is 0 Å². The lowest BCUT2D eigenvalue weighted by atomic mass is 10.1. The lowest BCUT2D eigenvalue weighted by molar-refractivity contribution is 0.313. The second kappa shape index (κ2) is 8.30. The van der Waals surface area contributed by atoms with Gasteiger partial charge in [0.25, 0.3) is 0 Å². The number of aromatic nitrogens is 6. The second-order valence-corrected chi connectivity index (χ2v) is 8.52. The van der Waals surface area contributed by atoms with E-state index in [1.807, 2.05) is 7.05 Å². The Bertz CT molecular complexity index is 1120. The number of aryl methyl sites for hydroxylation is 2. The molecule has 2 fully saturated rings. The number of halogens is 1. The topological polar surface area (TPSA) is 99.9 Å². The van der Waals surface area contributed by atoms with Gasteiger partial charge in [-0.1, -0.05) is 5.21 Å². The minimum Gasteiger partial charge on any atom is -0.365 e. The minimum atomic E-state index is -0.214. The molecule has 1 saturated carbocycles. The van der Waals surface area contributed by atoms with Crippen LogP contribution in [0.25, 0.3) is 0 Å². The molecular formula is C21H27FN10. The molecular weight excluding hydrogens is 411 g/mol.